The van der Waals surface area contributed by atoms with E-state index in [1.54, 1.807) is 16.8 Å². The highest BCUT2D eigenvalue weighted by Gasteiger charge is 2.14. The van der Waals surface area contributed by atoms with Gasteiger partial charge in [-0.1, -0.05) is 19.1 Å². The Morgan fingerprint density at radius 2 is 2.04 bits per heavy atom. The number of aryl methyl sites for hydroxylation is 2. The van der Waals surface area contributed by atoms with Crippen LogP contribution >= 0.6 is 0 Å². The van der Waals surface area contributed by atoms with E-state index in [1.807, 2.05) is 39.0 Å². The molecule has 5 nitrogen and oxygen atoms in total. The molecule has 0 aliphatic carbocycles. The Labute approximate surface area is 136 Å². The Kier molecular flexibility index (Phi) is 5.68. The molecule has 0 saturated carbocycles. The third kappa shape index (κ3) is 4.52. The number of nitrogens with zero attached hydrogens (tertiary/aromatic N) is 2. The molecule has 0 spiro atoms. The molecule has 23 heavy (non-hydrogen) atoms. The summed E-state index contributed by atoms with van der Waals surface area (Å²) in [6.07, 6.45) is 2.84. The van der Waals surface area contributed by atoms with Gasteiger partial charge in [-0.25, -0.2) is 0 Å². The van der Waals surface area contributed by atoms with E-state index in [1.165, 1.54) is 6.07 Å². The maximum atomic E-state index is 12.2. The molecule has 0 unspecified atom stereocenters. The van der Waals surface area contributed by atoms with Gasteiger partial charge in [-0.05, 0) is 38.0 Å². The number of carbonyl (C=O) groups is 1. The van der Waals surface area contributed by atoms with Gasteiger partial charge in [0, 0.05) is 30.9 Å². The first-order valence-electron chi connectivity index (χ1n) is 7.89. The molecule has 122 valence electrons. The van der Waals surface area contributed by atoms with Crippen LogP contribution in [0.25, 0.3) is 0 Å². The molecule has 0 bridgehead atoms. The molecule has 0 fully saturated rings. The number of pyridine rings is 2. The largest absolute Gasteiger partial charge is 0.348 e. The Morgan fingerprint density at radius 1 is 1.26 bits per heavy atom. The second kappa shape index (κ2) is 7.72. The van der Waals surface area contributed by atoms with Gasteiger partial charge in [0.2, 0.25) is 5.91 Å². The van der Waals surface area contributed by atoms with Crippen molar-refractivity contribution in [2.24, 2.45) is 0 Å². The van der Waals surface area contributed by atoms with Crippen LogP contribution in [0, 0.1) is 13.8 Å². The Balaban J connectivity index is 1.98. The van der Waals surface area contributed by atoms with Crippen LogP contribution in [0.5, 0.6) is 0 Å². The van der Waals surface area contributed by atoms with Crippen LogP contribution in [-0.4, -0.2) is 15.5 Å². The van der Waals surface area contributed by atoms with Gasteiger partial charge in [-0.3, -0.25) is 14.6 Å². The van der Waals surface area contributed by atoms with Crippen LogP contribution in [0.3, 0.4) is 0 Å². The topological polar surface area (TPSA) is 64.0 Å². The highest BCUT2D eigenvalue weighted by atomic mass is 16.2. The number of hydrogen-bond acceptors (Lipinski definition) is 3. The number of rotatable bonds is 6. The second-order valence-corrected chi connectivity index (χ2v) is 5.70. The zero-order chi connectivity index (χ0) is 16.8. The fraction of sp³-hybridized carbons (Fsp3) is 0.389. The van der Waals surface area contributed by atoms with E-state index in [2.05, 4.69) is 10.3 Å². The first-order valence-corrected chi connectivity index (χ1v) is 7.89. The highest BCUT2D eigenvalue weighted by Crippen LogP contribution is 2.14. The monoisotopic (exact) mass is 313 g/mol. The summed E-state index contributed by atoms with van der Waals surface area (Å²) < 4.78 is 1.62. The summed E-state index contributed by atoms with van der Waals surface area (Å²) in [7, 11) is 0. The van der Waals surface area contributed by atoms with E-state index in [0.29, 0.717) is 6.54 Å². The van der Waals surface area contributed by atoms with Crippen molar-refractivity contribution in [3.63, 3.8) is 0 Å². The van der Waals surface area contributed by atoms with E-state index < -0.39 is 0 Å². The van der Waals surface area contributed by atoms with Crippen LogP contribution in [0.15, 0.2) is 41.3 Å². The van der Waals surface area contributed by atoms with Crippen molar-refractivity contribution in [3.05, 3.63) is 63.8 Å². The summed E-state index contributed by atoms with van der Waals surface area (Å²) in [6.45, 7) is 6.24. The van der Waals surface area contributed by atoms with Crippen LogP contribution in [0.1, 0.15) is 42.8 Å². The van der Waals surface area contributed by atoms with Crippen molar-refractivity contribution in [3.8, 4) is 0 Å². The number of hydrogen-bond donors (Lipinski definition) is 1. The lowest BCUT2D eigenvalue weighted by Gasteiger charge is -2.17. The van der Waals surface area contributed by atoms with Crippen molar-refractivity contribution in [1.82, 2.24) is 14.9 Å². The summed E-state index contributed by atoms with van der Waals surface area (Å²) in [4.78, 5) is 28.4. The van der Waals surface area contributed by atoms with E-state index in [9.17, 15) is 9.59 Å². The van der Waals surface area contributed by atoms with Gasteiger partial charge < -0.3 is 9.88 Å². The first kappa shape index (κ1) is 16.9. The summed E-state index contributed by atoms with van der Waals surface area (Å²) in [5.41, 5.74) is 2.73. The first-order chi connectivity index (χ1) is 11.0. The minimum Gasteiger partial charge on any atom is -0.348 e. The van der Waals surface area contributed by atoms with Crippen molar-refractivity contribution < 1.29 is 4.79 Å². The van der Waals surface area contributed by atoms with Gasteiger partial charge in [0.15, 0.2) is 0 Å². The molecule has 1 atom stereocenters. The normalized spacial score (nSPS) is 12.0. The Bertz CT molecular complexity index is 720. The van der Waals surface area contributed by atoms with Gasteiger partial charge in [-0.2, -0.15) is 0 Å². The molecule has 0 aliphatic heterocycles. The average Bonchev–Trinajstić information content (AvgIpc) is 2.53. The lowest BCUT2D eigenvalue weighted by molar-refractivity contribution is -0.122. The molecule has 2 heterocycles. The van der Waals surface area contributed by atoms with Gasteiger partial charge in [0.1, 0.15) is 0 Å². The van der Waals surface area contributed by atoms with Gasteiger partial charge >= 0.3 is 0 Å². The smallest absolute Gasteiger partial charge is 0.250 e. The van der Waals surface area contributed by atoms with Crippen molar-refractivity contribution in [1.29, 1.82) is 0 Å². The Hall–Kier alpha value is -2.43. The maximum absolute atomic E-state index is 12.2. The molecule has 2 aromatic heterocycles. The fourth-order valence-electron chi connectivity index (χ4n) is 2.46. The van der Waals surface area contributed by atoms with E-state index >= 15 is 0 Å². The summed E-state index contributed by atoms with van der Waals surface area (Å²) >= 11 is 0. The zero-order valence-corrected chi connectivity index (χ0v) is 13.9. The van der Waals surface area contributed by atoms with Crippen LogP contribution in [0.4, 0.5) is 0 Å². The van der Waals surface area contributed by atoms with E-state index in [-0.39, 0.29) is 23.9 Å². The highest BCUT2D eigenvalue weighted by molar-refractivity contribution is 5.76. The molecule has 0 aliphatic rings. The van der Waals surface area contributed by atoms with Crippen molar-refractivity contribution in [2.75, 3.05) is 0 Å². The van der Waals surface area contributed by atoms with Gasteiger partial charge in [0.25, 0.3) is 5.56 Å². The third-order valence-electron chi connectivity index (χ3n) is 3.87. The van der Waals surface area contributed by atoms with Gasteiger partial charge in [-0.15, -0.1) is 0 Å². The van der Waals surface area contributed by atoms with Crippen molar-refractivity contribution in [2.45, 2.75) is 46.2 Å². The minimum absolute atomic E-state index is 0.0746. The number of aromatic nitrogens is 2. The molecule has 2 rings (SSSR count). The zero-order valence-electron chi connectivity index (χ0n) is 13.9. The minimum atomic E-state index is -0.100. The number of amides is 1. The SMILES string of the molecule is CC[C@H](NC(=O)CCn1c(C)cccc1=O)c1ccc(C)cn1. The Morgan fingerprint density at radius 3 is 2.65 bits per heavy atom. The predicted octanol–water partition coefficient (Wildman–Crippen LogP) is 2.52. The lowest BCUT2D eigenvalue weighted by Crippen LogP contribution is -2.31. The molecular formula is C18H23N3O2. The van der Waals surface area contributed by atoms with Crippen LogP contribution < -0.4 is 10.9 Å². The fourth-order valence-corrected chi connectivity index (χ4v) is 2.46. The second-order valence-electron chi connectivity index (χ2n) is 5.70. The van der Waals surface area contributed by atoms with Crippen LogP contribution in [0.2, 0.25) is 0 Å². The standard InChI is InChI=1S/C18H23N3O2/c1-4-15(16-9-8-13(2)12-19-16)20-17(22)10-11-21-14(3)6-5-7-18(21)23/h5-9,12,15H,4,10-11H2,1-3H3,(H,20,22)/t15-/m0/s1. The summed E-state index contributed by atoms with van der Waals surface area (Å²) in [6, 6.07) is 8.93. The van der Waals surface area contributed by atoms with E-state index in [0.717, 1.165) is 23.4 Å². The molecule has 0 saturated heterocycles. The third-order valence-corrected chi connectivity index (χ3v) is 3.87. The lowest BCUT2D eigenvalue weighted by atomic mass is 10.1. The molecule has 0 aromatic carbocycles. The predicted molar refractivity (Wildman–Crippen MR) is 90.2 cm³/mol. The quantitative estimate of drug-likeness (QED) is 0.891. The molecule has 0 radical (unpaired) electrons. The molecule has 1 N–H and O–H groups in total. The van der Waals surface area contributed by atoms with Crippen molar-refractivity contribution >= 4 is 5.91 Å². The summed E-state index contributed by atoms with van der Waals surface area (Å²) in [5, 5.41) is 2.99. The molecule has 2 aromatic rings. The number of carbonyl (C=O) groups excluding carboxylic acids is 1. The molecule has 1 amide bonds. The van der Waals surface area contributed by atoms with E-state index in [4.69, 9.17) is 0 Å². The maximum Gasteiger partial charge on any atom is 0.250 e. The summed E-state index contributed by atoms with van der Waals surface area (Å²) in [5.74, 6) is -0.0746. The molecule has 5 heteroatoms. The number of nitrogens with one attached hydrogen (secondary N) is 1. The average molecular weight is 313 g/mol. The van der Waals surface area contributed by atoms with Gasteiger partial charge in [0.05, 0.1) is 11.7 Å². The van der Waals surface area contributed by atoms with Crippen LogP contribution in [-0.2, 0) is 11.3 Å². The molecular weight excluding hydrogens is 290 g/mol.